The number of aliphatic hydroxyl groups excluding tert-OH is 1. The summed E-state index contributed by atoms with van der Waals surface area (Å²) in [5, 5.41) is 18.9. The number of nitrogens with zero attached hydrogens (tertiary/aromatic N) is 2. The summed E-state index contributed by atoms with van der Waals surface area (Å²) in [5.74, 6) is 1.53. The summed E-state index contributed by atoms with van der Waals surface area (Å²) in [6.45, 7) is 6.22. The van der Waals surface area contributed by atoms with E-state index in [1.54, 1.807) is 0 Å². The first-order valence-electron chi connectivity index (χ1n) is 11.5. The first kappa shape index (κ1) is 22.6. The molecule has 6 heteroatoms. The second kappa shape index (κ2) is 11.3. The molecule has 1 aliphatic carbocycles. The molecule has 3 rings (SSSR count). The highest BCUT2D eigenvalue weighted by molar-refractivity contribution is 7.10. The van der Waals surface area contributed by atoms with Gasteiger partial charge in [-0.05, 0) is 75.4 Å². The van der Waals surface area contributed by atoms with Gasteiger partial charge in [-0.1, -0.05) is 25.3 Å². The average Bonchev–Trinajstić information content (AvgIpc) is 3.25. The number of hydrogen-bond donors (Lipinski definition) is 3. The van der Waals surface area contributed by atoms with E-state index in [1.165, 1.54) is 56.4 Å². The lowest BCUT2D eigenvalue weighted by molar-refractivity contribution is 0.125. The van der Waals surface area contributed by atoms with Crippen LogP contribution >= 0.6 is 11.3 Å². The maximum Gasteiger partial charge on any atom is 0.191 e. The summed E-state index contributed by atoms with van der Waals surface area (Å²) in [6.07, 6.45) is 9.67. The number of aliphatic imine (C=N–C) groups is 1. The molecule has 1 aromatic heterocycles. The Morgan fingerprint density at radius 3 is 2.79 bits per heavy atom. The first-order chi connectivity index (χ1) is 14.2. The van der Waals surface area contributed by atoms with E-state index in [-0.39, 0.29) is 12.0 Å². The second-order valence-electron chi connectivity index (χ2n) is 8.95. The molecule has 1 saturated carbocycles. The van der Waals surface area contributed by atoms with Crippen LogP contribution in [0.15, 0.2) is 22.5 Å². The number of thiophene rings is 1. The van der Waals surface area contributed by atoms with Gasteiger partial charge in [0.2, 0.25) is 0 Å². The lowest BCUT2D eigenvalue weighted by Crippen LogP contribution is -2.45. The van der Waals surface area contributed by atoms with Crippen molar-refractivity contribution < 1.29 is 5.11 Å². The zero-order chi connectivity index (χ0) is 20.5. The van der Waals surface area contributed by atoms with Crippen LogP contribution in [0.3, 0.4) is 0 Å². The molecule has 164 valence electrons. The second-order valence-corrected chi connectivity index (χ2v) is 9.93. The molecule has 0 aromatic carbocycles. The highest BCUT2D eigenvalue weighted by Gasteiger charge is 2.32. The predicted molar refractivity (Wildman–Crippen MR) is 124 cm³/mol. The lowest BCUT2D eigenvalue weighted by atomic mass is 9.72. The van der Waals surface area contributed by atoms with Crippen LogP contribution in [0.1, 0.15) is 69.2 Å². The predicted octanol–water partition coefficient (Wildman–Crippen LogP) is 4.02. The van der Waals surface area contributed by atoms with Crippen molar-refractivity contribution in [3.05, 3.63) is 22.4 Å². The smallest absolute Gasteiger partial charge is 0.191 e. The third kappa shape index (κ3) is 6.19. The van der Waals surface area contributed by atoms with E-state index in [9.17, 15) is 5.11 Å². The van der Waals surface area contributed by atoms with Gasteiger partial charge in [0.05, 0.1) is 0 Å². The number of aliphatic hydroxyl groups is 1. The van der Waals surface area contributed by atoms with Crippen molar-refractivity contribution in [2.75, 3.05) is 39.8 Å². The topological polar surface area (TPSA) is 59.9 Å². The van der Waals surface area contributed by atoms with Gasteiger partial charge >= 0.3 is 0 Å². The van der Waals surface area contributed by atoms with Crippen LogP contribution in [-0.4, -0.2) is 55.8 Å². The van der Waals surface area contributed by atoms with E-state index in [0.717, 1.165) is 32.0 Å². The fourth-order valence-electron chi connectivity index (χ4n) is 5.22. The zero-order valence-electron chi connectivity index (χ0n) is 18.3. The molecule has 0 bridgehead atoms. The Balaban J connectivity index is 1.64. The molecule has 0 radical (unpaired) electrons. The van der Waals surface area contributed by atoms with Crippen molar-refractivity contribution in [2.24, 2.45) is 16.3 Å². The summed E-state index contributed by atoms with van der Waals surface area (Å²) in [6, 6.07) is 4.95. The van der Waals surface area contributed by atoms with Crippen molar-refractivity contribution in [3.8, 4) is 0 Å². The molecule has 1 saturated heterocycles. The third-order valence-corrected chi connectivity index (χ3v) is 7.79. The molecular weight excluding hydrogens is 380 g/mol. The van der Waals surface area contributed by atoms with Gasteiger partial charge in [0, 0.05) is 37.2 Å². The molecule has 0 amide bonds. The van der Waals surface area contributed by atoms with Crippen LogP contribution in [-0.2, 0) is 0 Å². The number of likely N-dealkylation sites (tertiary alicyclic amines) is 1. The fourth-order valence-corrected chi connectivity index (χ4v) is 6.21. The van der Waals surface area contributed by atoms with E-state index in [0.29, 0.717) is 12.0 Å². The fraction of sp³-hybridized carbons (Fsp3) is 0.783. The van der Waals surface area contributed by atoms with Crippen LogP contribution in [0.2, 0.25) is 0 Å². The zero-order valence-corrected chi connectivity index (χ0v) is 19.1. The van der Waals surface area contributed by atoms with Crippen molar-refractivity contribution in [1.29, 1.82) is 0 Å². The van der Waals surface area contributed by atoms with Gasteiger partial charge in [-0.3, -0.25) is 9.89 Å². The maximum atomic E-state index is 9.59. The monoisotopic (exact) mass is 420 g/mol. The van der Waals surface area contributed by atoms with Gasteiger partial charge in [-0.15, -0.1) is 11.3 Å². The van der Waals surface area contributed by atoms with E-state index in [4.69, 9.17) is 4.99 Å². The van der Waals surface area contributed by atoms with Gasteiger partial charge < -0.3 is 15.7 Å². The molecule has 29 heavy (non-hydrogen) atoms. The average molecular weight is 421 g/mol. The number of rotatable bonds is 8. The van der Waals surface area contributed by atoms with Crippen LogP contribution in [0, 0.1) is 11.3 Å². The Hall–Kier alpha value is -1.11. The van der Waals surface area contributed by atoms with Gasteiger partial charge in [0.15, 0.2) is 5.96 Å². The molecule has 0 spiro atoms. The largest absolute Gasteiger partial charge is 0.396 e. The number of piperidine rings is 1. The van der Waals surface area contributed by atoms with Crippen LogP contribution < -0.4 is 10.6 Å². The summed E-state index contributed by atoms with van der Waals surface area (Å²) >= 11 is 1.88. The Bertz CT molecular complexity index is 607. The standard InChI is InChI=1S/C23H40N4OS/c1-3-24-22(26-18-23(13-15-28)11-5-4-6-12-23)25-17-19-9-7-14-27(2)21(19)20-10-8-16-29-20/h8,10,16,19,21,28H,3-7,9,11-15,17-18H2,1-2H3,(H2,24,25,26). The molecule has 1 aromatic rings. The van der Waals surface area contributed by atoms with E-state index >= 15 is 0 Å². The molecular formula is C23H40N4OS. The molecule has 2 fully saturated rings. The summed E-state index contributed by atoms with van der Waals surface area (Å²) in [5.41, 5.74) is 0.194. The number of nitrogens with one attached hydrogen (secondary N) is 2. The van der Waals surface area contributed by atoms with Crippen LogP contribution in [0.25, 0.3) is 0 Å². The van der Waals surface area contributed by atoms with Crippen molar-refractivity contribution >= 4 is 17.3 Å². The number of hydrogen-bond acceptors (Lipinski definition) is 4. The minimum absolute atomic E-state index is 0.194. The highest BCUT2D eigenvalue weighted by atomic mass is 32.1. The summed E-state index contributed by atoms with van der Waals surface area (Å²) in [7, 11) is 2.26. The Morgan fingerprint density at radius 2 is 2.10 bits per heavy atom. The van der Waals surface area contributed by atoms with Gasteiger partial charge in [-0.2, -0.15) is 0 Å². The lowest BCUT2D eigenvalue weighted by Gasteiger charge is -2.39. The number of guanidine groups is 1. The van der Waals surface area contributed by atoms with Gasteiger partial charge in [0.1, 0.15) is 0 Å². The van der Waals surface area contributed by atoms with Crippen molar-refractivity contribution in [1.82, 2.24) is 15.5 Å². The SMILES string of the molecule is CCNC(=NCC1(CCO)CCCCC1)NCC1CCCN(C)C1c1cccs1. The summed E-state index contributed by atoms with van der Waals surface area (Å²) in [4.78, 5) is 8.99. The maximum absolute atomic E-state index is 9.59. The van der Waals surface area contributed by atoms with E-state index < -0.39 is 0 Å². The van der Waals surface area contributed by atoms with Crippen molar-refractivity contribution in [2.45, 2.75) is 64.3 Å². The van der Waals surface area contributed by atoms with Gasteiger partial charge in [-0.25, -0.2) is 0 Å². The summed E-state index contributed by atoms with van der Waals surface area (Å²) < 4.78 is 0. The molecule has 1 aliphatic heterocycles. The Morgan fingerprint density at radius 1 is 1.28 bits per heavy atom. The molecule has 2 unspecified atom stereocenters. The quantitative estimate of drug-likeness (QED) is 0.439. The molecule has 2 heterocycles. The van der Waals surface area contributed by atoms with Crippen LogP contribution in [0.5, 0.6) is 0 Å². The molecule has 3 N–H and O–H groups in total. The van der Waals surface area contributed by atoms with Crippen LogP contribution in [0.4, 0.5) is 0 Å². The van der Waals surface area contributed by atoms with Crippen molar-refractivity contribution in [3.63, 3.8) is 0 Å². The minimum atomic E-state index is 0.194. The van der Waals surface area contributed by atoms with E-state index in [1.807, 2.05) is 11.3 Å². The molecule has 5 nitrogen and oxygen atoms in total. The third-order valence-electron chi connectivity index (χ3n) is 6.85. The highest BCUT2D eigenvalue weighted by Crippen LogP contribution is 2.39. The first-order valence-corrected chi connectivity index (χ1v) is 12.4. The van der Waals surface area contributed by atoms with E-state index in [2.05, 4.69) is 47.0 Å². The van der Waals surface area contributed by atoms with Gasteiger partial charge in [0.25, 0.3) is 0 Å². The Labute approximate surface area is 181 Å². The molecule has 2 aliphatic rings. The molecule has 2 atom stereocenters. The minimum Gasteiger partial charge on any atom is -0.396 e. The Kier molecular flexibility index (Phi) is 8.82. The normalized spacial score (nSPS) is 25.7.